The normalized spacial score (nSPS) is 25.7. The summed E-state index contributed by atoms with van der Waals surface area (Å²) in [6.07, 6.45) is 0.967. The molecule has 0 radical (unpaired) electrons. The number of nitrogens with zero attached hydrogens (tertiary/aromatic N) is 2. The van der Waals surface area contributed by atoms with E-state index in [1.54, 1.807) is 69.2 Å². The molecular formula is C77H130N24O19S6. The highest BCUT2D eigenvalue weighted by atomic mass is 32.1. The lowest BCUT2D eigenvalue weighted by Gasteiger charge is -2.30. The summed E-state index contributed by atoms with van der Waals surface area (Å²) in [4.78, 5) is 261. The van der Waals surface area contributed by atoms with Crippen LogP contribution in [0.1, 0.15) is 133 Å². The van der Waals surface area contributed by atoms with Gasteiger partial charge in [0, 0.05) is 54.0 Å². The van der Waals surface area contributed by atoms with Gasteiger partial charge in [-0.05, 0) is 73.0 Å². The van der Waals surface area contributed by atoms with Gasteiger partial charge in [0.05, 0.1) is 26.2 Å². The summed E-state index contributed by atoms with van der Waals surface area (Å²) in [6, 6.07) is -14.7. The quantitative estimate of drug-likeness (QED) is 0.0177. The Morgan fingerprint density at radius 1 is 0.310 bits per heavy atom. The zero-order valence-corrected chi connectivity index (χ0v) is 77.9. The summed E-state index contributed by atoms with van der Waals surface area (Å²) >= 11 is 25.8. The van der Waals surface area contributed by atoms with Crippen LogP contribution in [0.5, 0.6) is 5.75 Å². The number of nitrogens with one attached hydrogen (secondary N) is 18. The van der Waals surface area contributed by atoms with Crippen LogP contribution in [0.15, 0.2) is 34.3 Å². The standard InChI is InChI=1S/C77H130N24O19S6/c1-11-37(6)57-71(116)94-49(33-123)67(112)90-46(26-42-20-22-43(102)23-21-42)66(111)91-50(34-124)68(113)99-59(39(8)13-3)73(118)92-47(31-121)64(109)86-27-53(103)89-45(19-17-25-83-77(80)81)63(108)85-30-56(106)98-58(38(7)12-2)72(117)95-51(35-125)69(114)101-61(41(10)15-5)75(120)96-52(36-126)70(115)100-60(40(9)14-4)74(119)93-48(32-122)65(110)87-28-54(104)88-44(18-16-24-82-76(78)79)62(107)84-29-55(105)97-57/h20-23,37-41,44-52,57-61,102,121-126H,11-19,24-36H2,1-10H3,(H,84,107)(H,85,108)(H,86,109)(H,87,110)(H,88,104)(H,89,103)(H,90,112)(H,91,111)(H,92,118)(H,93,119)(H,94,116)(H,95,117)(H,96,120)(H,97,105)(H,98,106)(H,99,113)(H,100,115)(H,101,114)(H4,78,79,82)(H4,80,81,83)/t37-,38-,39-,40-,41-,44-,45-,46-,47-,48-,49-,50-,51-,52-,57-,58-,59-,60-,61-/m0/s1. The van der Waals surface area contributed by atoms with E-state index in [2.05, 4.69) is 181 Å². The first-order valence-electron chi connectivity index (χ1n) is 41.4. The van der Waals surface area contributed by atoms with Crippen molar-refractivity contribution in [1.29, 1.82) is 0 Å². The van der Waals surface area contributed by atoms with Crippen molar-refractivity contribution in [3.8, 4) is 5.75 Å². The first-order valence-corrected chi connectivity index (χ1v) is 45.2. The molecule has 0 saturated carbocycles. The van der Waals surface area contributed by atoms with Crippen LogP contribution in [0, 0.1) is 29.6 Å². The number of thiol groups is 6. The molecule has 0 aliphatic carbocycles. The number of carbonyl (C=O) groups excluding carboxylic acids is 18. The highest BCUT2D eigenvalue weighted by Crippen LogP contribution is 2.18. The van der Waals surface area contributed by atoms with Gasteiger partial charge in [-0.25, -0.2) is 0 Å². The molecule has 708 valence electrons. The van der Waals surface area contributed by atoms with Crippen LogP contribution in [-0.4, -0.2) is 282 Å². The van der Waals surface area contributed by atoms with Gasteiger partial charge in [0.1, 0.15) is 90.3 Å². The van der Waals surface area contributed by atoms with Gasteiger partial charge in [-0.1, -0.05) is 113 Å². The Morgan fingerprint density at radius 3 is 0.778 bits per heavy atom. The molecule has 19 atom stereocenters. The molecule has 126 heavy (non-hydrogen) atoms. The van der Waals surface area contributed by atoms with E-state index >= 15 is 0 Å². The molecular weight excluding hydrogens is 1760 g/mol. The SMILES string of the molecule is CC[C@H](C)[C@@H]1NC(=O)CNC(=O)[C@H](CCCN=C(N)N)NC(=O)CNC(=O)[C@H](CS)NC(=O)[C@H]([C@@H](C)CC)NC(=O)[C@H](CS)NC(=O)[C@H]([C@@H](C)CC)NC(=O)[C@H](CS)NC(=O)[C@H]([C@@H](C)CC)NC(=O)CNC(=O)[C@H](CCCN=C(N)N)NC(=O)CNC(=O)[C@H](CS)NC(=O)[C@H]([C@@H](C)CC)NC(=O)[C@H](CS)NC(=O)[C@H](Cc2ccc(O)cc2)NC(=O)[C@H](CS)NC1=O. The van der Waals surface area contributed by atoms with Gasteiger partial charge in [-0.2, -0.15) is 75.8 Å². The maximum Gasteiger partial charge on any atom is 0.244 e. The second-order valence-electron chi connectivity index (χ2n) is 30.4. The fraction of sp³-hybridized carbons (Fsp3) is 0.662. The summed E-state index contributed by atoms with van der Waals surface area (Å²) < 4.78 is 0. The molecule has 0 spiro atoms. The van der Waals surface area contributed by atoms with E-state index in [9.17, 15) is 91.4 Å². The summed E-state index contributed by atoms with van der Waals surface area (Å²) in [5.74, 6) is -22.8. The van der Waals surface area contributed by atoms with Crippen molar-refractivity contribution in [2.24, 2.45) is 62.5 Å². The minimum absolute atomic E-state index is 0.0203. The van der Waals surface area contributed by atoms with Crippen molar-refractivity contribution < 1.29 is 91.4 Å². The Morgan fingerprint density at radius 2 is 0.524 bits per heavy atom. The molecule has 18 amide bonds. The van der Waals surface area contributed by atoms with Crippen molar-refractivity contribution >= 4 is 194 Å². The molecule has 0 bridgehead atoms. The number of aromatic hydroxyl groups is 1. The van der Waals surface area contributed by atoms with Crippen molar-refractivity contribution in [2.75, 3.05) is 73.8 Å². The van der Waals surface area contributed by atoms with Crippen molar-refractivity contribution in [3.05, 3.63) is 29.8 Å². The topological polar surface area (TPSA) is 673 Å². The highest BCUT2D eigenvalue weighted by molar-refractivity contribution is 7.81. The number of nitrogens with two attached hydrogens (primary N) is 4. The third kappa shape index (κ3) is 39.6. The Bertz CT molecular complexity index is 3910. The minimum Gasteiger partial charge on any atom is -0.508 e. The summed E-state index contributed by atoms with van der Waals surface area (Å²) in [5, 5.41) is 55.6. The first-order chi connectivity index (χ1) is 59.5. The average Bonchev–Trinajstić information content (AvgIpc) is 0.844. The Hall–Kier alpha value is -9.88. The maximum atomic E-state index is 14.5. The molecule has 1 heterocycles. The van der Waals surface area contributed by atoms with Gasteiger partial charge in [0.2, 0.25) is 106 Å². The number of carbonyl (C=O) groups is 18. The first kappa shape index (κ1) is 112. The molecule has 1 fully saturated rings. The molecule has 27 N–H and O–H groups in total. The number of benzene rings is 1. The molecule has 2 rings (SSSR count). The summed E-state index contributed by atoms with van der Waals surface area (Å²) in [5.41, 5.74) is 22.4. The second kappa shape index (κ2) is 59.2. The van der Waals surface area contributed by atoms with Gasteiger partial charge in [-0.15, -0.1) is 0 Å². The molecule has 0 unspecified atom stereocenters. The number of phenols is 1. The van der Waals surface area contributed by atoms with Gasteiger partial charge >= 0.3 is 0 Å². The van der Waals surface area contributed by atoms with Crippen LogP contribution in [0.3, 0.4) is 0 Å². The van der Waals surface area contributed by atoms with Crippen LogP contribution in [-0.2, 0) is 92.7 Å². The lowest BCUT2D eigenvalue weighted by atomic mass is 9.96. The molecule has 0 aromatic heterocycles. The van der Waals surface area contributed by atoms with Gasteiger partial charge < -0.3 is 124 Å². The van der Waals surface area contributed by atoms with E-state index < -0.39 is 258 Å². The number of aliphatic imine (C=N–C) groups is 2. The molecule has 1 aromatic carbocycles. The molecule has 1 aromatic rings. The van der Waals surface area contributed by atoms with Crippen LogP contribution in [0.4, 0.5) is 0 Å². The van der Waals surface area contributed by atoms with Crippen molar-refractivity contribution in [2.45, 2.75) is 218 Å². The predicted octanol–water partition coefficient (Wildman–Crippen LogP) is -6.88. The van der Waals surface area contributed by atoms with Crippen LogP contribution < -0.4 is 119 Å². The van der Waals surface area contributed by atoms with Crippen LogP contribution >= 0.6 is 75.8 Å². The van der Waals surface area contributed by atoms with E-state index in [1.165, 1.54) is 24.3 Å². The second-order valence-corrected chi connectivity index (χ2v) is 32.6. The largest absolute Gasteiger partial charge is 0.508 e. The zero-order valence-electron chi connectivity index (χ0n) is 72.5. The molecule has 43 nitrogen and oxygen atoms in total. The third-order valence-electron chi connectivity index (χ3n) is 20.8. The maximum absolute atomic E-state index is 14.5. The highest BCUT2D eigenvalue weighted by Gasteiger charge is 2.40. The average molecular weight is 1890 g/mol. The monoisotopic (exact) mass is 1890 g/mol. The van der Waals surface area contributed by atoms with E-state index in [4.69, 9.17) is 22.9 Å². The smallest absolute Gasteiger partial charge is 0.244 e. The van der Waals surface area contributed by atoms with Gasteiger partial charge in [0.25, 0.3) is 0 Å². The number of rotatable bonds is 26. The van der Waals surface area contributed by atoms with E-state index in [0.29, 0.717) is 5.56 Å². The van der Waals surface area contributed by atoms with Crippen molar-refractivity contribution in [3.63, 3.8) is 0 Å². The van der Waals surface area contributed by atoms with E-state index in [1.807, 2.05) is 0 Å². The van der Waals surface area contributed by atoms with E-state index in [-0.39, 0.29) is 118 Å². The van der Waals surface area contributed by atoms with Crippen LogP contribution in [0.25, 0.3) is 0 Å². The van der Waals surface area contributed by atoms with Gasteiger partial charge in [0.15, 0.2) is 11.9 Å². The molecule has 1 aliphatic heterocycles. The number of guanidine groups is 2. The van der Waals surface area contributed by atoms with E-state index in [0.717, 1.165) is 0 Å². The predicted molar refractivity (Wildman–Crippen MR) is 491 cm³/mol. The lowest BCUT2D eigenvalue weighted by Crippen LogP contribution is -2.62. The van der Waals surface area contributed by atoms with Gasteiger partial charge in [-0.3, -0.25) is 96.3 Å². The summed E-state index contributed by atoms with van der Waals surface area (Å²) in [7, 11) is 0. The summed E-state index contributed by atoms with van der Waals surface area (Å²) in [6.45, 7) is 13.4. The van der Waals surface area contributed by atoms with Crippen LogP contribution in [0.2, 0.25) is 0 Å². The van der Waals surface area contributed by atoms with Crippen molar-refractivity contribution in [1.82, 2.24) is 95.7 Å². The molecule has 49 heteroatoms. The number of hydrogen-bond acceptors (Lipinski definition) is 27. The third-order valence-corrected chi connectivity index (χ3v) is 23.0. The minimum atomic E-state index is -1.56. The Kier molecular flexibility index (Phi) is 52.7. The molecule has 1 saturated heterocycles. The Labute approximate surface area is 766 Å². The zero-order chi connectivity index (χ0) is 95.2. The number of hydrogen-bond donors (Lipinski definition) is 29. The fourth-order valence-electron chi connectivity index (χ4n) is 12.0. The number of phenolic OH excluding ortho intramolecular Hbond substituents is 1. The fourth-order valence-corrected chi connectivity index (χ4v) is 13.6. The number of amides is 18. The molecule has 1 aliphatic rings. The lowest BCUT2D eigenvalue weighted by molar-refractivity contribution is -0.136. The Balaban J connectivity index is 2.78.